The summed E-state index contributed by atoms with van der Waals surface area (Å²) in [5.74, 6) is 0.745. The average molecular weight is 291 g/mol. The second-order valence-electron chi connectivity index (χ2n) is 4.75. The summed E-state index contributed by atoms with van der Waals surface area (Å²) in [4.78, 5) is 20.1. The number of aromatic carboxylic acids is 1. The van der Waals surface area contributed by atoms with Gasteiger partial charge in [-0.25, -0.2) is 14.8 Å². The normalized spacial score (nSPS) is 14.4. The number of rotatable bonds is 5. The molecule has 7 heteroatoms. The topological polar surface area (TPSA) is 89.1 Å². The zero-order valence-electron chi connectivity index (χ0n) is 10.9. The summed E-state index contributed by atoms with van der Waals surface area (Å²) in [6, 6.07) is 0. The Morgan fingerprint density at radius 1 is 1.50 bits per heavy atom. The summed E-state index contributed by atoms with van der Waals surface area (Å²) in [6.45, 7) is 1.72. The van der Waals surface area contributed by atoms with Crippen LogP contribution in [0.3, 0.4) is 0 Å². The molecule has 2 aromatic rings. The highest BCUT2D eigenvalue weighted by molar-refractivity contribution is 7.98. The fourth-order valence-corrected chi connectivity index (χ4v) is 2.88. The van der Waals surface area contributed by atoms with E-state index in [4.69, 9.17) is 4.52 Å². The van der Waals surface area contributed by atoms with Gasteiger partial charge >= 0.3 is 5.97 Å². The molecule has 0 aliphatic heterocycles. The predicted molar refractivity (Wildman–Crippen MR) is 71.8 cm³/mol. The van der Waals surface area contributed by atoms with Gasteiger partial charge in [0.1, 0.15) is 22.7 Å². The largest absolute Gasteiger partial charge is 0.478 e. The van der Waals surface area contributed by atoms with E-state index in [2.05, 4.69) is 15.1 Å². The lowest BCUT2D eigenvalue weighted by Gasteiger charge is -2.09. The van der Waals surface area contributed by atoms with Crippen LogP contribution in [-0.2, 0) is 5.75 Å². The summed E-state index contributed by atoms with van der Waals surface area (Å²) in [5.41, 5.74) is 1.62. The first-order chi connectivity index (χ1) is 9.65. The minimum Gasteiger partial charge on any atom is -0.478 e. The van der Waals surface area contributed by atoms with Crippen LogP contribution in [0.2, 0.25) is 0 Å². The van der Waals surface area contributed by atoms with E-state index in [1.54, 1.807) is 19.4 Å². The van der Waals surface area contributed by atoms with Crippen LogP contribution in [0.5, 0.6) is 0 Å². The van der Waals surface area contributed by atoms with Gasteiger partial charge in [-0.05, 0) is 19.8 Å². The standard InChI is InChI=1S/C13H13N3O3S/c1-7-10(13(17)18)12(16-11(15-7)9-2-3-9)20-6-8-4-14-19-5-8/h4-5,9H,2-3,6H2,1H3,(H,17,18). The van der Waals surface area contributed by atoms with Crippen LogP contribution >= 0.6 is 11.8 Å². The van der Waals surface area contributed by atoms with E-state index in [-0.39, 0.29) is 5.56 Å². The number of carboxylic acids is 1. The molecule has 1 saturated carbocycles. The minimum atomic E-state index is -0.988. The fraction of sp³-hybridized carbons (Fsp3) is 0.385. The third kappa shape index (κ3) is 2.67. The molecule has 2 aromatic heterocycles. The highest BCUT2D eigenvalue weighted by Gasteiger charge is 2.29. The van der Waals surface area contributed by atoms with Gasteiger partial charge in [-0.15, -0.1) is 11.8 Å². The van der Waals surface area contributed by atoms with Gasteiger partial charge < -0.3 is 9.63 Å². The number of carboxylic acid groups (broad SMARTS) is 1. The van der Waals surface area contributed by atoms with E-state index >= 15 is 0 Å². The maximum Gasteiger partial charge on any atom is 0.340 e. The van der Waals surface area contributed by atoms with Crippen molar-refractivity contribution in [3.8, 4) is 0 Å². The Bertz CT molecular complexity index is 639. The van der Waals surface area contributed by atoms with Gasteiger partial charge in [0.05, 0.1) is 11.9 Å². The fourth-order valence-electron chi connectivity index (χ4n) is 1.89. The zero-order valence-corrected chi connectivity index (χ0v) is 11.7. The maximum absolute atomic E-state index is 11.4. The summed E-state index contributed by atoms with van der Waals surface area (Å²) in [6.07, 6.45) is 5.33. The quantitative estimate of drug-likeness (QED) is 0.669. The molecule has 0 amide bonds. The predicted octanol–water partition coefficient (Wildman–Crippen LogP) is 2.64. The molecule has 0 spiro atoms. The Balaban J connectivity index is 1.91. The lowest BCUT2D eigenvalue weighted by Crippen LogP contribution is -2.09. The Kier molecular flexibility index (Phi) is 3.43. The number of aryl methyl sites for hydroxylation is 1. The summed E-state index contributed by atoms with van der Waals surface area (Å²) < 4.78 is 4.76. The molecular formula is C13H13N3O3S. The highest BCUT2D eigenvalue weighted by atomic mass is 32.2. The van der Waals surface area contributed by atoms with Crippen molar-refractivity contribution < 1.29 is 14.4 Å². The van der Waals surface area contributed by atoms with Gasteiger partial charge in [-0.3, -0.25) is 0 Å². The van der Waals surface area contributed by atoms with E-state index < -0.39 is 5.97 Å². The molecule has 0 unspecified atom stereocenters. The highest BCUT2D eigenvalue weighted by Crippen LogP contribution is 2.39. The van der Waals surface area contributed by atoms with E-state index in [0.29, 0.717) is 22.4 Å². The van der Waals surface area contributed by atoms with Gasteiger partial charge in [0.2, 0.25) is 0 Å². The van der Waals surface area contributed by atoms with E-state index in [9.17, 15) is 9.90 Å². The molecule has 1 aliphatic rings. The molecule has 2 heterocycles. The summed E-state index contributed by atoms with van der Waals surface area (Å²) in [7, 11) is 0. The molecule has 1 aliphatic carbocycles. The number of aromatic nitrogens is 3. The molecule has 0 aromatic carbocycles. The summed E-state index contributed by atoms with van der Waals surface area (Å²) >= 11 is 1.37. The molecular weight excluding hydrogens is 278 g/mol. The van der Waals surface area contributed by atoms with Crippen LogP contribution in [-0.4, -0.2) is 26.2 Å². The van der Waals surface area contributed by atoms with E-state index in [1.165, 1.54) is 11.8 Å². The monoisotopic (exact) mass is 291 g/mol. The molecule has 0 saturated heterocycles. The number of hydrogen-bond donors (Lipinski definition) is 1. The van der Waals surface area contributed by atoms with Crippen molar-refractivity contribution >= 4 is 17.7 Å². The lowest BCUT2D eigenvalue weighted by molar-refractivity contribution is 0.0690. The zero-order chi connectivity index (χ0) is 14.1. The van der Waals surface area contributed by atoms with Gasteiger partial charge in [-0.1, -0.05) is 5.16 Å². The van der Waals surface area contributed by atoms with Crippen molar-refractivity contribution in [1.82, 2.24) is 15.1 Å². The molecule has 1 fully saturated rings. The molecule has 1 N–H and O–H groups in total. The maximum atomic E-state index is 11.4. The first kappa shape index (κ1) is 13.1. The van der Waals surface area contributed by atoms with E-state index in [1.807, 2.05) is 0 Å². The second-order valence-corrected chi connectivity index (χ2v) is 5.71. The van der Waals surface area contributed by atoms with Gasteiger partial charge in [0.15, 0.2) is 0 Å². The van der Waals surface area contributed by atoms with Crippen LogP contribution in [0.25, 0.3) is 0 Å². The van der Waals surface area contributed by atoms with Crippen LogP contribution < -0.4 is 0 Å². The number of carbonyl (C=O) groups is 1. The molecule has 0 atom stereocenters. The first-order valence-electron chi connectivity index (χ1n) is 6.28. The molecule has 20 heavy (non-hydrogen) atoms. The molecule has 0 radical (unpaired) electrons. The third-order valence-corrected chi connectivity index (χ3v) is 4.14. The first-order valence-corrected chi connectivity index (χ1v) is 7.26. The van der Waals surface area contributed by atoms with Crippen LogP contribution in [0, 0.1) is 6.92 Å². The lowest BCUT2D eigenvalue weighted by atomic mass is 10.2. The number of nitrogens with zero attached hydrogens (tertiary/aromatic N) is 3. The Morgan fingerprint density at radius 2 is 2.30 bits per heavy atom. The molecule has 6 nitrogen and oxygen atoms in total. The average Bonchev–Trinajstić information content (AvgIpc) is 3.12. The third-order valence-electron chi connectivity index (χ3n) is 3.09. The van der Waals surface area contributed by atoms with Gasteiger partial charge in [-0.2, -0.15) is 0 Å². The Labute approximate surface area is 119 Å². The van der Waals surface area contributed by atoms with Gasteiger partial charge in [0, 0.05) is 17.2 Å². The van der Waals surface area contributed by atoms with Crippen molar-refractivity contribution in [3.63, 3.8) is 0 Å². The molecule has 0 bridgehead atoms. The Morgan fingerprint density at radius 3 is 2.90 bits per heavy atom. The van der Waals surface area contributed by atoms with Gasteiger partial charge in [0.25, 0.3) is 0 Å². The smallest absolute Gasteiger partial charge is 0.340 e. The minimum absolute atomic E-state index is 0.191. The van der Waals surface area contributed by atoms with Crippen LogP contribution in [0.15, 0.2) is 22.0 Å². The molecule has 3 rings (SSSR count). The number of thioether (sulfide) groups is 1. The van der Waals surface area contributed by atoms with Crippen molar-refractivity contribution in [1.29, 1.82) is 0 Å². The van der Waals surface area contributed by atoms with Crippen molar-refractivity contribution in [3.05, 3.63) is 35.1 Å². The Hall–Kier alpha value is -1.89. The SMILES string of the molecule is Cc1nc(C2CC2)nc(SCc2cnoc2)c1C(=O)O. The van der Waals surface area contributed by atoms with Crippen molar-refractivity contribution in [2.24, 2.45) is 0 Å². The van der Waals surface area contributed by atoms with E-state index in [0.717, 1.165) is 24.2 Å². The molecule has 104 valence electrons. The second kappa shape index (κ2) is 5.24. The van der Waals surface area contributed by atoms with Crippen molar-refractivity contribution in [2.45, 2.75) is 36.5 Å². The summed E-state index contributed by atoms with van der Waals surface area (Å²) in [5, 5.41) is 13.5. The van der Waals surface area contributed by atoms with Crippen molar-refractivity contribution in [2.75, 3.05) is 0 Å². The number of hydrogen-bond acceptors (Lipinski definition) is 6. The van der Waals surface area contributed by atoms with Crippen LogP contribution in [0.1, 0.15) is 46.2 Å². The van der Waals surface area contributed by atoms with Crippen LogP contribution in [0.4, 0.5) is 0 Å².